The van der Waals surface area contributed by atoms with E-state index in [1.54, 1.807) is 12.1 Å². The molecule has 0 heterocycles. The van der Waals surface area contributed by atoms with E-state index in [-0.39, 0.29) is 23.9 Å². The van der Waals surface area contributed by atoms with Crippen LogP contribution in [0.4, 0.5) is 5.69 Å². The molecule has 0 aromatic heterocycles. The van der Waals surface area contributed by atoms with E-state index < -0.39 is 0 Å². The maximum absolute atomic E-state index is 12.0. The van der Waals surface area contributed by atoms with Crippen LogP contribution in [-0.4, -0.2) is 11.4 Å². The van der Waals surface area contributed by atoms with Gasteiger partial charge in [0, 0.05) is 16.8 Å². The van der Waals surface area contributed by atoms with Gasteiger partial charge in [-0.2, -0.15) is 0 Å². The monoisotopic (exact) mass is 256 g/mol. The van der Waals surface area contributed by atoms with Crippen molar-refractivity contribution in [1.82, 2.24) is 5.32 Å². The standard InChI is InChI=1S/C13H20N2O.ClH/c1-5-13(3,4)15-12(16)11-8-10(14)7-6-9(11)2;/h6-8H,5,14H2,1-4H3,(H,15,16);1H. The summed E-state index contributed by atoms with van der Waals surface area (Å²) >= 11 is 0. The summed E-state index contributed by atoms with van der Waals surface area (Å²) in [6.45, 7) is 7.97. The predicted octanol–water partition coefficient (Wildman–Crippen LogP) is 2.92. The lowest BCUT2D eigenvalue weighted by Crippen LogP contribution is -2.43. The van der Waals surface area contributed by atoms with Crippen LogP contribution < -0.4 is 11.1 Å². The molecule has 96 valence electrons. The van der Waals surface area contributed by atoms with E-state index in [2.05, 4.69) is 5.32 Å². The minimum absolute atomic E-state index is 0. The van der Waals surface area contributed by atoms with Gasteiger partial charge in [-0.15, -0.1) is 12.4 Å². The molecule has 0 spiro atoms. The summed E-state index contributed by atoms with van der Waals surface area (Å²) in [5.41, 5.74) is 7.71. The van der Waals surface area contributed by atoms with E-state index in [4.69, 9.17) is 5.73 Å². The van der Waals surface area contributed by atoms with Crippen LogP contribution in [0.2, 0.25) is 0 Å². The SMILES string of the molecule is CCC(C)(C)NC(=O)c1cc(N)ccc1C.Cl. The number of amides is 1. The molecule has 3 nitrogen and oxygen atoms in total. The minimum Gasteiger partial charge on any atom is -0.399 e. The Hall–Kier alpha value is -1.22. The Bertz CT molecular complexity index is 402. The van der Waals surface area contributed by atoms with Crippen molar-refractivity contribution in [2.75, 3.05) is 5.73 Å². The molecule has 1 amide bonds. The number of benzene rings is 1. The van der Waals surface area contributed by atoms with Gasteiger partial charge in [0.1, 0.15) is 0 Å². The smallest absolute Gasteiger partial charge is 0.252 e. The van der Waals surface area contributed by atoms with Crippen LogP contribution in [0, 0.1) is 6.92 Å². The number of carbonyl (C=O) groups excluding carboxylic acids is 1. The van der Waals surface area contributed by atoms with E-state index in [1.807, 2.05) is 33.8 Å². The molecule has 0 unspecified atom stereocenters. The molecule has 17 heavy (non-hydrogen) atoms. The lowest BCUT2D eigenvalue weighted by Gasteiger charge is -2.25. The van der Waals surface area contributed by atoms with Crippen LogP contribution in [-0.2, 0) is 0 Å². The van der Waals surface area contributed by atoms with E-state index >= 15 is 0 Å². The normalized spacial score (nSPS) is 10.6. The van der Waals surface area contributed by atoms with Crippen LogP contribution in [0.3, 0.4) is 0 Å². The summed E-state index contributed by atoms with van der Waals surface area (Å²) in [6, 6.07) is 5.39. The molecule has 1 aromatic rings. The number of nitrogens with one attached hydrogen (secondary N) is 1. The Morgan fingerprint density at radius 2 is 2.00 bits per heavy atom. The van der Waals surface area contributed by atoms with Gasteiger partial charge in [0.25, 0.3) is 5.91 Å². The molecule has 1 aromatic carbocycles. The van der Waals surface area contributed by atoms with Crippen molar-refractivity contribution in [3.63, 3.8) is 0 Å². The second-order valence-electron chi connectivity index (χ2n) is 4.77. The van der Waals surface area contributed by atoms with Gasteiger partial charge < -0.3 is 11.1 Å². The molecule has 0 bridgehead atoms. The summed E-state index contributed by atoms with van der Waals surface area (Å²) in [5, 5.41) is 3.00. The van der Waals surface area contributed by atoms with E-state index in [0.29, 0.717) is 11.3 Å². The second kappa shape index (κ2) is 5.92. The summed E-state index contributed by atoms with van der Waals surface area (Å²) in [7, 11) is 0. The van der Waals surface area contributed by atoms with E-state index in [0.717, 1.165) is 12.0 Å². The van der Waals surface area contributed by atoms with Gasteiger partial charge in [0.15, 0.2) is 0 Å². The molecule has 1 rings (SSSR count). The molecule has 4 heteroatoms. The highest BCUT2D eigenvalue weighted by atomic mass is 35.5. The zero-order valence-corrected chi connectivity index (χ0v) is 11.6. The molecule has 0 atom stereocenters. The summed E-state index contributed by atoms with van der Waals surface area (Å²) in [4.78, 5) is 12.0. The summed E-state index contributed by atoms with van der Waals surface area (Å²) in [5.74, 6) is -0.0587. The predicted molar refractivity (Wildman–Crippen MR) is 74.7 cm³/mol. The molecule has 0 aliphatic rings. The van der Waals surface area contributed by atoms with E-state index in [1.165, 1.54) is 0 Å². The minimum atomic E-state index is -0.186. The number of rotatable bonds is 3. The fourth-order valence-corrected chi connectivity index (χ4v) is 1.35. The van der Waals surface area contributed by atoms with Crippen molar-refractivity contribution >= 4 is 24.0 Å². The molecule has 0 aliphatic heterocycles. The number of halogens is 1. The van der Waals surface area contributed by atoms with Crippen molar-refractivity contribution in [1.29, 1.82) is 0 Å². The van der Waals surface area contributed by atoms with E-state index in [9.17, 15) is 4.79 Å². The first-order chi connectivity index (χ1) is 7.35. The Balaban J connectivity index is 0.00000256. The summed E-state index contributed by atoms with van der Waals surface area (Å²) in [6.07, 6.45) is 0.889. The molecule has 0 saturated heterocycles. The molecule has 0 saturated carbocycles. The average molecular weight is 257 g/mol. The molecular formula is C13H21ClN2O. The molecule has 0 fully saturated rings. The van der Waals surface area contributed by atoms with Crippen LogP contribution in [0.25, 0.3) is 0 Å². The Morgan fingerprint density at radius 1 is 1.41 bits per heavy atom. The van der Waals surface area contributed by atoms with Gasteiger partial charge in [-0.3, -0.25) is 4.79 Å². The third-order valence-electron chi connectivity index (χ3n) is 2.84. The van der Waals surface area contributed by atoms with Gasteiger partial charge in [0.2, 0.25) is 0 Å². The molecular weight excluding hydrogens is 236 g/mol. The maximum Gasteiger partial charge on any atom is 0.252 e. The van der Waals surface area contributed by atoms with Gasteiger partial charge in [-0.05, 0) is 44.9 Å². The topological polar surface area (TPSA) is 55.1 Å². The third-order valence-corrected chi connectivity index (χ3v) is 2.84. The Morgan fingerprint density at radius 3 is 2.53 bits per heavy atom. The quantitative estimate of drug-likeness (QED) is 0.817. The van der Waals surface area contributed by atoms with Crippen LogP contribution in [0.15, 0.2) is 18.2 Å². The highest BCUT2D eigenvalue weighted by molar-refractivity contribution is 5.96. The Kier molecular flexibility index (Phi) is 5.49. The first kappa shape index (κ1) is 15.8. The van der Waals surface area contributed by atoms with Crippen LogP contribution >= 0.6 is 12.4 Å². The van der Waals surface area contributed by atoms with Crippen LogP contribution in [0.1, 0.15) is 43.1 Å². The van der Waals surface area contributed by atoms with Gasteiger partial charge in [0.05, 0.1) is 0 Å². The van der Waals surface area contributed by atoms with Crippen molar-refractivity contribution in [3.05, 3.63) is 29.3 Å². The average Bonchev–Trinajstić information content (AvgIpc) is 2.21. The zero-order valence-electron chi connectivity index (χ0n) is 10.8. The van der Waals surface area contributed by atoms with Gasteiger partial charge in [-0.1, -0.05) is 13.0 Å². The number of carbonyl (C=O) groups is 1. The Labute approximate surface area is 109 Å². The first-order valence-corrected chi connectivity index (χ1v) is 5.54. The number of nitrogens with two attached hydrogens (primary N) is 1. The molecule has 0 radical (unpaired) electrons. The molecule has 0 aliphatic carbocycles. The van der Waals surface area contributed by atoms with Crippen molar-refractivity contribution in [2.24, 2.45) is 0 Å². The lowest BCUT2D eigenvalue weighted by atomic mass is 10.00. The molecule has 3 N–H and O–H groups in total. The summed E-state index contributed by atoms with van der Waals surface area (Å²) < 4.78 is 0. The first-order valence-electron chi connectivity index (χ1n) is 5.54. The third kappa shape index (κ3) is 4.27. The van der Waals surface area contributed by atoms with Crippen molar-refractivity contribution < 1.29 is 4.79 Å². The van der Waals surface area contributed by atoms with Gasteiger partial charge in [-0.25, -0.2) is 0 Å². The highest BCUT2D eigenvalue weighted by Gasteiger charge is 2.19. The fourth-order valence-electron chi connectivity index (χ4n) is 1.35. The van der Waals surface area contributed by atoms with Crippen molar-refractivity contribution in [3.8, 4) is 0 Å². The number of hydrogen-bond acceptors (Lipinski definition) is 2. The number of anilines is 1. The zero-order chi connectivity index (χ0) is 12.3. The van der Waals surface area contributed by atoms with Gasteiger partial charge >= 0.3 is 0 Å². The largest absolute Gasteiger partial charge is 0.399 e. The fraction of sp³-hybridized carbons (Fsp3) is 0.462. The maximum atomic E-state index is 12.0. The highest BCUT2D eigenvalue weighted by Crippen LogP contribution is 2.15. The lowest BCUT2D eigenvalue weighted by molar-refractivity contribution is 0.0910. The van der Waals surface area contributed by atoms with Crippen molar-refractivity contribution in [2.45, 2.75) is 39.7 Å². The van der Waals surface area contributed by atoms with Crippen LogP contribution in [0.5, 0.6) is 0 Å². The number of hydrogen-bond donors (Lipinski definition) is 2. The number of aryl methyl sites for hydroxylation is 1. The second-order valence-corrected chi connectivity index (χ2v) is 4.77. The number of nitrogen functional groups attached to an aromatic ring is 1.